The first kappa shape index (κ1) is 35.0. The molecule has 0 spiro atoms. The molecule has 0 radical (unpaired) electrons. The average molecular weight is 664 g/mol. The molecule has 1 unspecified atom stereocenters. The van der Waals surface area contributed by atoms with Crippen LogP contribution in [0.25, 0.3) is 5.65 Å². The quantitative estimate of drug-likeness (QED) is 0.379. The Kier molecular flexibility index (Phi) is 11.2. The zero-order chi connectivity index (χ0) is 33.6. The first-order chi connectivity index (χ1) is 21.6. The molecule has 1 aliphatic carbocycles. The van der Waals surface area contributed by atoms with E-state index in [1.807, 2.05) is 17.9 Å². The van der Waals surface area contributed by atoms with E-state index in [2.05, 4.69) is 54.8 Å². The van der Waals surface area contributed by atoms with Gasteiger partial charge in [0.2, 0.25) is 0 Å². The summed E-state index contributed by atoms with van der Waals surface area (Å²) in [5, 5.41) is 18.6. The minimum absolute atomic E-state index is 0.332. The molecule has 12 nitrogen and oxygen atoms in total. The third kappa shape index (κ3) is 9.80. The van der Waals surface area contributed by atoms with Gasteiger partial charge in [0.25, 0.3) is 0 Å². The molecule has 3 aromatic rings. The topological polar surface area (TPSA) is 129 Å². The Bertz CT molecular complexity index is 1440. The number of pyridine rings is 1. The molecule has 0 bridgehead atoms. The van der Waals surface area contributed by atoms with Crippen molar-refractivity contribution >= 4 is 23.4 Å². The van der Waals surface area contributed by atoms with Crippen molar-refractivity contribution in [1.82, 2.24) is 29.0 Å². The highest BCUT2D eigenvalue weighted by atomic mass is 19.4. The number of carboxylic acid groups (broad SMARTS) is 2. The monoisotopic (exact) mass is 663 g/mol. The van der Waals surface area contributed by atoms with Gasteiger partial charge in [-0.15, -0.1) is 0 Å². The van der Waals surface area contributed by atoms with Crippen molar-refractivity contribution < 1.29 is 50.9 Å². The highest BCUT2D eigenvalue weighted by Gasteiger charge is 2.39. The number of hydrogen-bond donors (Lipinski definition) is 2. The van der Waals surface area contributed by atoms with Gasteiger partial charge in [-0.1, -0.05) is 6.07 Å². The second kappa shape index (κ2) is 14.7. The molecule has 3 aromatic heterocycles. The normalized spacial score (nSPS) is 19.6. The smallest absolute Gasteiger partial charge is 0.475 e. The molecule has 46 heavy (non-hydrogen) atoms. The number of anilines is 1. The van der Waals surface area contributed by atoms with Crippen LogP contribution in [0.15, 0.2) is 36.8 Å². The number of hydrogen-bond acceptors (Lipinski definition) is 8. The Morgan fingerprint density at radius 3 is 2.13 bits per heavy atom. The molecule has 2 aliphatic heterocycles. The highest BCUT2D eigenvalue weighted by molar-refractivity contribution is 5.73. The Morgan fingerprint density at radius 2 is 1.59 bits per heavy atom. The molecule has 2 saturated heterocycles. The molecule has 1 saturated carbocycles. The summed E-state index contributed by atoms with van der Waals surface area (Å²) in [6.45, 7) is 8.82. The minimum Gasteiger partial charge on any atom is -0.475 e. The van der Waals surface area contributed by atoms with E-state index >= 15 is 0 Å². The van der Waals surface area contributed by atoms with E-state index in [0.29, 0.717) is 6.04 Å². The Labute approximate surface area is 259 Å². The van der Waals surface area contributed by atoms with E-state index < -0.39 is 24.3 Å². The van der Waals surface area contributed by atoms with Crippen LogP contribution in [0.1, 0.15) is 30.1 Å². The number of carbonyl (C=O) groups is 2. The van der Waals surface area contributed by atoms with E-state index in [1.54, 1.807) is 0 Å². The molecular formula is C28H35F6N7O5. The summed E-state index contributed by atoms with van der Waals surface area (Å²) in [5.74, 6) is -3.41. The molecule has 5 heterocycles. The zero-order valence-electron chi connectivity index (χ0n) is 24.9. The second-order valence-corrected chi connectivity index (χ2v) is 11.2. The fraction of sp³-hybridized carbons (Fsp3) is 0.571. The van der Waals surface area contributed by atoms with Gasteiger partial charge in [-0.05, 0) is 30.9 Å². The number of fused-ring (bicyclic) bond motifs is 1. The first-order valence-corrected chi connectivity index (χ1v) is 14.5. The lowest BCUT2D eigenvalue weighted by Gasteiger charge is -2.40. The second-order valence-electron chi connectivity index (χ2n) is 11.2. The summed E-state index contributed by atoms with van der Waals surface area (Å²) in [5.41, 5.74) is 3.52. The number of alkyl halides is 6. The molecule has 3 fully saturated rings. The van der Waals surface area contributed by atoms with E-state index in [9.17, 15) is 26.3 Å². The number of morpholine rings is 1. The van der Waals surface area contributed by atoms with E-state index in [1.165, 1.54) is 36.5 Å². The number of aryl methyl sites for hydroxylation is 1. The maximum Gasteiger partial charge on any atom is 0.490 e. The van der Waals surface area contributed by atoms with Crippen molar-refractivity contribution in [2.75, 3.05) is 57.4 Å². The van der Waals surface area contributed by atoms with Crippen molar-refractivity contribution in [3.05, 3.63) is 48.0 Å². The Hall–Kier alpha value is -3.90. The van der Waals surface area contributed by atoms with Crippen molar-refractivity contribution in [1.29, 1.82) is 0 Å². The van der Waals surface area contributed by atoms with Crippen molar-refractivity contribution in [2.45, 2.75) is 37.8 Å². The van der Waals surface area contributed by atoms with Crippen molar-refractivity contribution in [3.8, 4) is 0 Å². The van der Waals surface area contributed by atoms with Gasteiger partial charge in [0, 0.05) is 70.8 Å². The lowest BCUT2D eigenvalue weighted by Crippen LogP contribution is -2.48. The fourth-order valence-corrected chi connectivity index (χ4v) is 5.19. The number of imidazole rings is 1. The molecule has 0 aromatic carbocycles. The highest BCUT2D eigenvalue weighted by Crippen LogP contribution is 2.35. The lowest BCUT2D eigenvalue weighted by atomic mass is 10.1. The Balaban J connectivity index is 0.000000289. The summed E-state index contributed by atoms with van der Waals surface area (Å²) in [4.78, 5) is 30.6. The van der Waals surface area contributed by atoms with Crippen LogP contribution < -0.4 is 4.90 Å². The lowest BCUT2D eigenvalue weighted by molar-refractivity contribution is -0.193. The van der Waals surface area contributed by atoms with Gasteiger partial charge >= 0.3 is 24.3 Å². The summed E-state index contributed by atoms with van der Waals surface area (Å²) < 4.78 is 73.2. The SMILES string of the molecule is Cn1cc(CN2CCN(CC3CC3)C(c3cn4c(N5CCOCC5)cccc4n3)C2)cn1.O=C(O)C(F)(F)F.O=C(O)C(F)(F)F. The number of nitrogens with zero attached hydrogens (tertiary/aromatic N) is 7. The van der Waals surface area contributed by atoms with Gasteiger partial charge in [-0.2, -0.15) is 31.4 Å². The van der Waals surface area contributed by atoms with Gasteiger partial charge in [-0.3, -0.25) is 18.9 Å². The molecule has 2 N–H and O–H groups in total. The summed E-state index contributed by atoms with van der Waals surface area (Å²) in [6.07, 6.45) is -0.988. The summed E-state index contributed by atoms with van der Waals surface area (Å²) in [7, 11) is 1.99. The average Bonchev–Trinajstić information content (AvgIpc) is 3.54. The number of rotatable bonds is 6. The molecular weight excluding hydrogens is 628 g/mol. The largest absolute Gasteiger partial charge is 0.490 e. The van der Waals surface area contributed by atoms with Crippen LogP contribution in [0.3, 0.4) is 0 Å². The van der Waals surface area contributed by atoms with Crippen molar-refractivity contribution in [2.24, 2.45) is 13.0 Å². The molecule has 0 amide bonds. The first-order valence-electron chi connectivity index (χ1n) is 14.5. The standard InChI is InChI=1S/C24H33N7O.2C2HF3O2/c1-27-14-20(13-25-27)15-28-7-8-30(16-19-5-6-19)22(18-28)21-17-31-23(26-21)3-2-4-24(31)29-9-11-32-12-10-29;2*3-2(4,5)1(6)7/h2-4,13-14,17,19,22H,5-12,15-16,18H2,1H3;2*(H,6,7). The van der Waals surface area contributed by atoms with Crippen LogP contribution in [-0.4, -0.2) is 116 Å². The van der Waals surface area contributed by atoms with E-state index in [4.69, 9.17) is 29.5 Å². The van der Waals surface area contributed by atoms with Gasteiger partial charge in [0.1, 0.15) is 11.5 Å². The van der Waals surface area contributed by atoms with Gasteiger partial charge in [-0.25, -0.2) is 14.6 Å². The van der Waals surface area contributed by atoms with Crippen molar-refractivity contribution in [3.63, 3.8) is 0 Å². The van der Waals surface area contributed by atoms with Gasteiger partial charge in [0.15, 0.2) is 0 Å². The van der Waals surface area contributed by atoms with Crippen LogP contribution in [0.2, 0.25) is 0 Å². The Morgan fingerprint density at radius 1 is 0.957 bits per heavy atom. The van der Waals surface area contributed by atoms with Crippen LogP contribution in [0.5, 0.6) is 0 Å². The van der Waals surface area contributed by atoms with Gasteiger partial charge in [0.05, 0.1) is 31.1 Å². The summed E-state index contributed by atoms with van der Waals surface area (Å²) >= 11 is 0. The van der Waals surface area contributed by atoms with Crippen LogP contribution in [-0.2, 0) is 27.9 Å². The van der Waals surface area contributed by atoms with E-state index in [0.717, 1.165) is 64.0 Å². The number of aliphatic carboxylic acids is 2. The maximum atomic E-state index is 10.6. The number of halogens is 6. The molecule has 18 heteroatoms. The zero-order valence-corrected chi connectivity index (χ0v) is 24.9. The van der Waals surface area contributed by atoms with Crippen LogP contribution in [0.4, 0.5) is 32.2 Å². The van der Waals surface area contributed by atoms with Crippen LogP contribution in [0, 0.1) is 5.92 Å². The number of piperazine rings is 1. The van der Waals surface area contributed by atoms with Gasteiger partial charge < -0.3 is 19.8 Å². The minimum atomic E-state index is -5.08. The summed E-state index contributed by atoms with van der Waals surface area (Å²) in [6, 6.07) is 6.81. The maximum absolute atomic E-state index is 10.6. The molecule has 254 valence electrons. The predicted octanol–water partition coefficient (Wildman–Crippen LogP) is 3.44. The molecule has 3 aliphatic rings. The van der Waals surface area contributed by atoms with Crippen LogP contribution >= 0.6 is 0 Å². The predicted molar refractivity (Wildman–Crippen MR) is 151 cm³/mol. The fourth-order valence-electron chi connectivity index (χ4n) is 5.19. The third-order valence-corrected chi connectivity index (χ3v) is 7.58. The number of ether oxygens (including phenoxy) is 1. The molecule has 6 rings (SSSR count). The number of carboxylic acids is 2. The molecule has 1 atom stereocenters. The third-order valence-electron chi connectivity index (χ3n) is 7.58. The van der Waals surface area contributed by atoms with E-state index in [-0.39, 0.29) is 0 Å². The number of aromatic nitrogens is 4.